The molecule has 1 aromatic heterocycles. The van der Waals surface area contributed by atoms with Gasteiger partial charge in [0.05, 0.1) is 6.20 Å². The molecule has 1 heterocycles. The molecule has 0 aliphatic heterocycles. The average molecular weight is 299 g/mol. The quantitative estimate of drug-likeness (QED) is 0.815. The van der Waals surface area contributed by atoms with Crippen molar-refractivity contribution in [1.29, 1.82) is 0 Å². The Morgan fingerprint density at radius 3 is 2.68 bits per heavy atom. The number of esters is 1. The number of ether oxygens (including phenoxy) is 1. The third-order valence-electron chi connectivity index (χ3n) is 2.98. The molecular formula is C16H17N3O3. The number of hydrogen-bond acceptors (Lipinski definition) is 5. The maximum Gasteiger partial charge on any atom is 0.359 e. The summed E-state index contributed by atoms with van der Waals surface area (Å²) in [5.41, 5.74) is 1.21. The molecule has 22 heavy (non-hydrogen) atoms. The second-order valence-electron chi connectivity index (χ2n) is 4.66. The highest BCUT2D eigenvalue weighted by molar-refractivity contribution is 5.90. The molecule has 0 aliphatic rings. The van der Waals surface area contributed by atoms with Gasteiger partial charge in [-0.25, -0.2) is 9.78 Å². The highest BCUT2D eigenvalue weighted by Crippen LogP contribution is 2.01. The molecule has 6 heteroatoms. The Bertz CT molecular complexity index is 617. The van der Waals surface area contributed by atoms with Crippen LogP contribution in [0, 0.1) is 0 Å². The lowest BCUT2D eigenvalue weighted by molar-refractivity contribution is -0.129. The number of amides is 1. The summed E-state index contributed by atoms with van der Waals surface area (Å²) in [6, 6.07) is 9.81. The van der Waals surface area contributed by atoms with Gasteiger partial charge in [-0.1, -0.05) is 30.3 Å². The van der Waals surface area contributed by atoms with Gasteiger partial charge in [-0.15, -0.1) is 0 Å². The highest BCUT2D eigenvalue weighted by Gasteiger charge is 2.19. The third-order valence-corrected chi connectivity index (χ3v) is 2.98. The summed E-state index contributed by atoms with van der Waals surface area (Å²) in [5, 5.41) is 2.74. The molecule has 0 spiro atoms. The molecule has 0 bridgehead atoms. The van der Waals surface area contributed by atoms with Crippen LogP contribution in [0.15, 0.2) is 48.9 Å². The fourth-order valence-electron chi connectivity index (χ4n) is 1.80. The van der Waals surface area contributed by atoms with E-state index in [2.05, 4.69) is 15.3 Å². The lowest BCUT2D eigenvalue weighted by Gasteiger charge is -2.13. The Hall–Kier alpha value is -2.76. The van der Waals surface area contributed by atoms with E-state index in [1.54, 1.807) is 0 Å². The van der Waals surface area contributed by atoms with Gasteiger partial charge in [-0.2, -0.15) is 0 Å². The molecule has 1 aromatic carbocycles. The van der Waals surface area contributed by atoms with Gasteiger partial charge in [0.25, 0.3) is 5.91 Å². The Morgan fingerprint density at radius 1 is 1.23 bits per heavy atom. The van der Waals surface area contributed by atoms with E-state index in [-0.39, 0.29) is 11.6 Å². The van der Waals surface area contributed by atoms with Gasteiger partial charge in [-0.3, -0.25) is 9.78 Å². The number of carbonyl (C=O) groups is 2. The molecule has 1 unspecified atom stereocenters. The first-order valence-electron chi connectivity index (χ1n) is 6.95. The summed E-state index contributed by atoms with van der Waals surface area (Å²) in [5.74, 6) is -1.01. The second-order valence-corrected chi connectivity index (χ2v) is 4.66. The molecule has 0 aliphatic carbocycles. The van der Waals surface area contributed by atoms with Crippen molar-refractivity contribution < 1.29 is 14.3 Å². The molecule has 1 N–H and O–H groups in total. The molecule has 114 valence electrons. The molecule has 0 radical (unpaired) electrons. The van der Waals surface area contributed by atoms with Crippen LogP contribution in [0.4, 0.5) is 0 Å². The fraction of sp³-hybridized carbons (Fsp3) is 0.250. The third kappa shape index (κ3) is 4.66. The van der Waals surface area contributed by atoms with Crippen molar-refractivity contribution in [3.05, 3.63) is 60.2 Å². The summed E-state index contributed by atoms with van der Waals surface area (Å²) < 4.78 is 5.05. The van der Waals surface area contributed by atoms with Gasteiger partial charge in [0.1, 0.15) is 0 Å². The predicted octanol–water partition coefficient (Wildman–Crippen LogP) is 1.38. The van der Waals surface area contributed by atoms with Gasteiger partial charge in [0, 0.05) is 18.9 Å². The van der Waals surface area contributed by atoms with Gasteiger partial charge < -0.3 is 10.1 Å². The van der Waals surface area contributed by atoms with Crippen molar-refractivity contribution in [2.45, 2.75) is 19.4 Å². The fourth-order valence-corrected chi connectivity index (χ4v) is 1.80. The zero-order valence-electron chi connectivity index (χ0n) is 12.2. The minimum absolute atomic E-state index is 0.0754. The number of nitrogens with zero attached hydrogens (tertiary/aromatic N) is 2. The molecule has 6 nitrogen and oxygen atoms in total. The van der Waals surface area contributed by atoms with Gasteiger partial charge in [-0.05, 0) is 18.9 Å². The maximum atomic E-state index is 11.9. The van der Waals surface area contributed by atoms with Gasteiger partial charge >= 0.3 is 5.97 Å². The van der Waals surface area contributed by atoms with E-state index in [0.717, 1.165) is 12.0 Å². The molecule has 0 saturated carbocycles. The van der Waals surface area contributed by atoms with E-state index >= 15 is 0 Å². The molecule has 2 rings (SSSR count). The van der Waals surface area contributed by atoms with E-state index in [4.69, 9.17) is 4.74 Å². The molecule has 0 fully saturated rings. The highest BCUT2D eigenvalue weighted by atomic mass is 16.5. The summed E-state index contributed by atoms with van der Waals surface area (Å²) in [7, 11) is 0. The van der Waals surface area contributed by atoms with E-state index in [1.165, 1.54) is 25.5 Å². The average Bonchev–Trinajstić information content (AvgIpc) is 2.56. The topological polar surface area (TPSA) is 81.2 Å². The zero-order chi connectivity index (χ0) is 15.8. The van der Waals surface area contributed by atoms with Crippen molar-refractivity contribution in [1.82, 2.24) is 15.3 Å². The molecular weight excluding hydrogens is 282 g/mol. The minimum Gasteiger partial charge on any atom is -0.448 e. The van der Waals surface area contributed by atoms with Crippen LogP contribution in [-0.4, -0.2) is 34.5 Å². The van der Waals surface area contributed by atoms with E-state index in [1.807, 2.05) is 30.3 Å². The maximum absolute atomic E-state index is 11.9. The Labute approximate surface area is 128 Å². The Balaban J connectivity index is 1.76. The molecule has 1 amide bonds. The Morgan fingerprint density at radius 2 is 2.00 bits per heavy atom. The van der Waals surface area contributed by atoms with Crippen molar-refractivity contribution in [2.75, 3.05) is 6.54 Å². The van der Waals surface area contributed by atoms with Crippen molar-refractivity contribution >= 4 is 11.9 Å². The standard InChI is InChI=1S/C16H17N3O3/c1-12(22-16(21)14-11-17-9-10-18-14)15(20)19-8-7-13-5-3-2-4-6-13/h2-6,9-12H,7-8H2,1H3,(H,19,20). The smallest absolute Gasteiger partial charge is 0.359 e. The zero-order valence-corrected chi connectivity index (χ0v) is 12.2. The van der Waals surface area contributed by atoms with Crippen molar-refractivity contribution in [2.24, 2.45) is 0 Å². The van der Waals surface area contributed by atoms with Crippen LogP contribution in [0.25, 0.3) is 0 Å². The van der Waals surface area contributed by atoms with E-state index < -0.39 is 12.1 Å². The normalized spacial score (nSPS) is 11.5. The number of carbonyl (C=O) groups excluding carboxylic acids is 2. The minimum atomic E-state index is -0.884. The monoisotopic (exact) mass is 299 g/mol. The molecule has 0 saturated heterocycles. The second kappa shape index (κ2) is 7.87. The van der Waals surface area contributed by atoms with E-state index in [0.29, 0.717) is 6.54 Å². The number of benzene rings is 1. The SMILES string of the molecule is CC(OC(=O)c1cnccn1)C(=O)NCCc1ccccc1. The Kier molecular flexibility index (Phi) is 5.59. The van der Waals surface area contributed by atoms with Crippen molar-refractivity contribution in [3.63, 3.8) is 0 Å². The first kappa shape index (κ1) is 15.6. The van der Waals surface area contributed by atoms with Gasteiger partial charge in [0.2, 0.25) is 0 Å². The number of nitrogens with one attached hydrogen (secondary N) is 1. The van der Waals surface area contributed by atoms with Crippen LogP contribution >= 0.6 is 0 Å². The van der Waals surface area contributed by atoms with E-state index in [9.17, 15) is 9.59 Å². The predicted molar refractivity (Wildman–Crippen MR) is 80.1 cm³/mol. The first-order valence-corrected chi connectivity index (χ1v) is 6.95. The largest absolute Gasteiger partial charge is 0.448 e. The van der Waals surface area contributed by atoms with Crippen LogP contribution in [0.5, 0.6) is 0 Å². The number of aromatic nitrogens is 2. The number of rotatable bonds is 6. The molecule has 1 atom stereocenters. The lowest BCUT2D eigenvalue weighted by Crippen LogP contribution is -2.37. The summed E-state index contributed by atoms with van der Waals surface area (Å²) in [6.07, 6.45) is 3.97. The van der Waals surface area contributed by atoms with Crippen LogP contribution in [0.1, 0.15) is 23.0 Å². The summed E-state index contributed by atoms with van der Waals surface area (Å²) in [6.45, 7) is 2.00. The molecule has 2 aromatic rings. The summed E-state index contributed by atoms with van der Waals surface area (Å²) >= 11 is 0. The summed E-state index contributed by atoms with van der Waals surface area (Å²) in [4.78, 5) is 31.2. The number of hydrogen-bond donors (Lipinski definition) is 1. The first-order chi connectivity index (χ1) is 10.7. The van der Waals surface area contributed by atoms with Crippen molar-refractivity contribution in [3.8, 4) is 0 Å². The van der Waals surface area contributed by atoms with Gasteiger partial charge in [0.15, 0.2) is 11.8 Å². The lowest BCUT2D eigenvalue weighted by atomic mass is 10.1. The van der Waals surface area contributed by atoms with Crippen LogP contribution < -0.4 is 5.32 Å². The van der Waals surface area contributed by atoms with Crippen LogP contribution in [0.2, 0.25) is 0 Å². The van der Waals surface area contributed by atoms with Crippen LogP contribution in [-0.2, 0) is 16.0 Å². The van der Waals surface area contributed by atoms with Crippen LogP contribution in [0.3, 0.4) is 0 Å².